The van der Waals surface area contributed by atoms with E-state index in [9.17, 15) is 24.6 Å². The van der Waals surface area contributed by atoms with E-state index >= 15 is 0 Å². The predicted octanol–water partition coefficient (Wildman–Crippen LogP) is 8.72. The Hall–Kier alpha value is -2.63. The number of aliphatic carboxylic acids is 1. The van der Waals surface area contributed by atoms with Gasteiger partial charge in [-0.05, 0) is 146 Å². The highest BCUT2D eigenvalue weighted by Crippen LogP contribution is 2.78. The Labute approximate surface area is 276 Å². The number of amides is 1. The summed E-state index contributed by atoms with van der Waals surface area (Å²) in [6.07, 6.45) is 10.9. The third-order valence-electron chi connectivity index (χ3n) is 15.7. The molecule has 0 aromatic heterocycles. The van der Waals surface area contributed by atoms with Crippen molar-refractivity contribution in [3.05, 3.63) is 47.5 Å². The van der Waals surface area contributed by atoms with Crippen LogP contribution in [-0.2, 0) is 9.59 Å². The molecule has 0 radical (unpaired) electrons. The second-order valence-corrected chi connectivity index (χ2v) is 17.6. The lowest BCUT2D eigenvalue weighted by Gasteiger charge is -2.73. The SMILES string of the molecule is C=C(C)[C@@H]1CC[C@]2(C(=O)NCCC(=O)O)CC[C@]3(C)[C@H](CC[C@@H]4[C@@]5(C)CC[C@H](c6ccc(C(=O)O)cc6)C(C)(C)[C@@H]5CC[C@]43C)[C@@H]12. The first kappa shape index (κ1) is 33.3. The number of hydrogen-bond acceptors (Lipinski definition) is 3. The summed E-state index contributed by atoms with van der Waals surface area (Å²) < 4.78 is 0. The summed E-state index contributed by atoms with van der Waals surface area (Å²) in [5.41, 5.74) is 3.05. The van der Waals surface area contributed by atoms with Gasteiger partial charge in [-0.2, -0.15) is 0 Å². The Morgan fingerprint density at radius 2 is 1.52 bits per heavy atom. The molecule has 0 heterocycles. The number of carboxylic acids is 2. The van der Waals surface area contributed by atoms with Crippen molar-refractivity contribution in [3.63, 3.8) is 0 Å². The summed E-state index contributed by atoms with van der Waals surface area (Å²) >= 11 is 0. The molecule has 1 aromatic rings. The number of allylic oxidation sites excluding steroid dienone is 1. The van der Waals surface area contributed by atoms with Crippen molar-refractivity contribution in [3.8, 4) is 0 Å². The van der Waals surface area contributed by atoms with Crippen molar-refractivity contribution < 1.29 is 24.6 Å². The predicted molar refractivity (Wildman–Crippen MR) is 180 cm³/mol. The molecule has 0 aliphatic heterocycles. The number of rotatable bonds is 7. The van der Waals surface area contributed by atoms with Crippen molar-refractivity contribution in [1.82, 2.24) is 5.32 Å². The minimum Gasteiger partial charge on any atom is -0.481 e. The van der Waals surface area contributed by atoms with Gasteiger partial charge in [0.15, 0.2) is 0 Å². The molecule has 1 aromatic carbocycles. The molecule has 5 aliphatic carbocycles. The van der Waals surface area contributed by atoms with Crippen LogP contribution in [-0.4, -0.2) is 34.6 Å². The van der Waals surface area contributed by atoms with Crippen molar-refractivity contribution in [1.29, 1.82) is 0 Å². The molecule has 1 amide bonds. The molecule has 46 heavy (non-hydrogen) atoms. The largest absolute Gasteiger partial charge is 0.481 e. The Bertz CT molecular complexity index is 1410. The fourth-order valence-electron chi connectivity index (χ4n) is 13.5. The van der Waals surface area contributed by atoms with E-state index < -0.39 is 17.4 Å². The zero-order valence-electron chi connectivity index (χ0n) is 29.1. The maximum absolute atomic E-state index is 14.0. The third-order valence-corrected chi connectivity index (χ3v) is 15.7. The van der Waals surface area contributed by atoms with E-state index in [0.29, 0.717) is 35.2 Å². The maximum atomic E-state index is 14.0. The molecule has 5 aliphatic rings. The van der Waals surface area contributed by atoms with E-state index in [4.69, 9.17) is 0 Å². The van der Waals surface area contributed by atoms with E-state index in [-0.39, 0.29) is 46.5 Å². The molecule has 10 atom stereocenters. The molecule has 5 saturated carbocycles. The van der Waals surface area contributed by atoms with E-state index in [1.807, 2.05) is 0 Å². The quantitative estimate of drug-likeness (QED) is 0.261. The Balaban J connectivity index is 1.30. The first-order valence-corrected chi connectivity index (χ1v) is 18.0. The van der Waals surface area contributed by atoms with Gasteiger partial charge in [0.1, 0.15) is 0 Å². The molecule has 0 saturated heterocycles. The van der Waals surface area contributed by atoms with Crippen LogP contribution in [0.25, 0.3) is 0 Å². The van der Waals surface area contributed by atoms with Crippen LogP contribution < -0.4 is 5.32 Å². The lowest BCUT2D eigenvalue weighted by molar-refractivity contribution is -0.237. The van der Waals surface area contributed by atoms with Gasteiger partial charge in [-0.3, -0.25) is 9.59 Å². The van der Waals surface area contributed by atoms with Crippen molar-refractivity contribution in [2.45, 2.75) is 118 Å². The Morgan fingerprint density at radius 3 is 2.15 bits per heavy atom. The summed E-state index contributed by atoms with van der Waals surface area (Å²) in [6.45, 7) is 19.6. The minimum atomic E-state index is -0.875. The number of aromatic carboxylic acids is 1. The summed E-state index contributed by atoms with van der Waals surface area (Å²) in [6, 6.07) is 7.67. The molecule has 0 bridgehead atoms. The first-order chi connectivity index (χ1) is 21.5. The number of carboxylic acid groups (broad SMARTS) is 2. The molecule has 6 heteroatoms. The standard InChI is InChI=1S/C40H57NO5/c1-24(2)27-14-20-40(35(46)41-23-17-32(42)43)22-21-38(6)29(33(27)40)12-13-31-37(5)18-15-28(25-8-10-26(11-9-25)34(44)45)36(3,4)30(37)16-19-39(31,38)7/h8-11,27-31,33H,1,12-23H2,2-7H3,(H,41,46)(H,42,43)(H,44,45)/t27-,28+,29+,30-,31+,33+,37-,38+,39+,40-/m0/s1. The van der Waals surface area contributed by atoms with Gasteiger partial charge in [-0.15, -0.1) is 0 Å². The summed E-state index contributed by atoms with van der Waals surface area (Å²) in [5, 5.41) is 21.8. The number of benzene rings is 1. The highest BCUT2D eigenvalue weighted by Gasteiger charge is 2.71. The molecule has 0 spiro atoms. The highest BCUT2D eigenvalue weighted by molar-refractivity contribution is 5.87. The first-order valence-electron chi connectivity index (χ1n) is 18.0. The normalized spacial score (nSPS) is 42.5. The number of carbonyl (C=O) groups is 3. The van der Waals surface area contributed by atoms with Gasteiger partial charge in [0.25, 0.3) is 0 Å². The smallest absolute Gasteiger partial charge is 0.335 e. The van der Waals surface area contributed by atoms with Crippen LogP contribution in [0.5, 0.6) is 0 Å². The zero-order chi connectivity index (χ0) is 33.4. The molecule has 6 nitrogen and oxygen atoms in total. The molecule has 6 rings (SSSR count). The van der Waals surface area contributed by atoms with E-state index in [2.05, 4.69) is 65.6 Å². The maximum Gasteiger partial charge on any atom is 0.335 e. The number of nitrogens with one attached hydrogen (secondary N) is 1. The van der Waals surface area contributed by atoms with Crippen molar-refractivity contribution >= 4 is 17.8 Å². The molecule has 3 N–H and O–H groups in total. The lowest BCUT2D eigenvalue weighted by Crippen LogP contribution is -2.67. The van der Waals surface area contributed by atoms with E-state index in [1.54, 1.807) is 12.1 Å². The van der Waals surface area contributed by atoms with Crippen LogP contribution in [0.1, 0.15) is 134 Å². The lowest BCUT2D eigenvalue weighted by atomic mass is 9.31. The molecule has 5 fully saturated rings. The second-order valence-electron chi connectivity index (χ2n) is 17.6. The average molecular weight is 632 g/mol. The number of hydrogen-bond donors (Lipinski definition) is 3. The van der Waals surface area contributed by atoms with Crippen LogP contribution >= 0.6 is 0 Å². The number of carbonyl (C=O) groups excluding carboxylic acids is 1. The zero-order valence-corrected chi connectivity index (χ0v) is 29.1. The molecular weight excluding hydrogens is 574 g/mol. The second kappa shape index (κ2) is 11.2. The molecule has 0 unspecified atom stereocenters. The van der Waals surface area contributed by atoms with Gasteiger partial charge in [0, 0.05) is 6.54 Å². The average Bonchev–Trinajstić information content (AvgIpc) is 3.38. The van der Waals surface area contributed by atoms with Crippen LogP contribution in [0.15, 0.2) is 36.4 Å². The van der Waals surface area contributed by atoms with Crippen LogP contribution in [0.4, 0.5) is 0 Å². The van der Waals surface area contributed by atoms with Gasteiger partial charge < -0.3 is 15.5 Å². The van der Waals surface area contributed by atoms with E-state index in [1.165, 1.54) is 36.8 Å². The van der Waals surface area contributed by atoms with Crippen LogP contribution in [0, 0.1) is 56.7 Å². The van der Waals surface area contributed by atoms with Crippen LogP contribution in [0.2, 0.25) is 0 Å². The fourth-order valence-corrected chi connectivity index (χ4v) is 13.5. The highest BCUT2D eigenvalue weighted by atomic mass is 16.4. The van der Waals surface area contributed by atoms with Crippen molar-refractivity contribution in [2.24, 2.45) is 56.7 Å². The van der Waals surface area contributed by atoms with Crippen LogP contribution in [0.3, 0.4) is 0 Å². The van der Waals surface area contributed by atoms with Crippen molar-refractivity contribution in [2.75, 3.05) is 6.54 Å². The van der Waals surface area contributed by atoms with E-state index in [0.717, 1.165) is 38.5 Å². The monoisotopic (exact) mass is 631 g/mol. The summed E-state index contributed by atoms with van der Waals surface area (Å²) in [4.78, 5) is 36.8. The minimum absolute atomic E-state index is 0.0398. The molecule has 252 valence electrons. The Kier molecular flexibility index (Phi) is 8.12. The van der Waals surface area contributed by atoms with Gasteiger partial charge >= 0.3 is 11.9 Å². The van der Waals surface area contributed by atoms with Gasteiger partial charge in [-0.25, -0.2) is 4.79 Å². The van der Waals surface area contributed by atoms with Gasteiger partial charge in [0.05, 0.1) is 17.4 Å². The van der Waals surface area contributed by atoms with Gasteiger partial charge in [0.2, 0.25) is 5.91 Å². The topological polar surface area (TPSA) is 104 Å². The molecular formula is C40H57NO5. The fraction of sp³-hybridized carbons (Fsp3) is 0.725. The third kappa shape index (κ3) is 4.65. The Morgan fingerprint density at radius 1 is 0.826 bits per heavy atom. The summed E-state index contributed by atoms with van der Waals surface area (Å²) in [5.74, 6) is 1.02. The number of fused-ring (bicyclic) bond motifs is 7. The van der Waals surface area contributed by atoms with Gasteiger partial charge in [-0.1, -0.05) is 58.9 Å². The summed E-state index contributed by atoms with van der Waals surface area (Å²) in [7, 11) is 0.